The lowest BCUT2D eigenvalue weighted by Gasteiger charge is -2.05. The van der Waals surface area contributed by atoms with E-state index in [4.69, 9.17) is 4.18 Å². The van der Waals surface area contributed by atoms with Crippen molar-refractivity contribution in [3.63, 3.8) is 0 Å². The average molecular weight is 226 g/mol. The first-order valence-corrected chi connectivity index (χ1v) is 6.33. The van der Waals surface area contributed by atoms with Crippen molar-refractivity contribution in [1.29, 1.82) is 0 Å². The van der Waals surface area contributed by atoms with E-state index in [-0.39, 0.29) is 0 Å². The van der Waals surface area contributed by atoms with Crippen LogP contribution in [0.2, 0.25) is 0 Å². The molecular weight excluding hydrogens is 204 g/mol. The summed E-state index contributed by atoms with van der Waals surface area (Å²) in [5.74, 6) is 0. The van der Waals surface area contributed by atoms with Gasteiger partial charge in [-0.2, -0.15) is 0 Å². The second kappa shape index (κ2) is 8.81. The van der Waals surface area contributed by atoms with Gasteiger partial charge in [-0.3, -0.25) is 0 Å². The number of rotatable bonds is 4. The lowest BCUT2D eigenvalue weighted by Crippen LogP contribution is -1.91. The molecule has 0 unspecified atom stereocenters. The molecule has 0 aromatic heterocycles. The van der Waals surface area contributed by atoms with E-state index in [1.165, 1.54) is 23.2 Å². The maximum Gasteiger partial charge on any atom is 0.0864 e. The summed E-state index contributed by atoms with van der Waals surface area (Å²) in [4.78, 5) is 0. The van der Waals surface area contributed by atoms with Crippen LogP contribution in [-0.2, 0) is 10.8 Å². The molecule has 1 aromatic rings. The van der Waals surface area contributed by atoms with Crippen LogP contribution < -0.4 is 0 Å². The third-order valence-corrected chi connectivity index (χ3v) is 2.25. The fourth-order valence-corrected chi connectivity index (χ4v) is 1.40. The van der Waals surface area contributed by atoms with Crippen LogP contribution in [0.5, 0.6) is 0 Å². The summed E-state index contributed by atoms with van der Waals surface area (Å²) >= 11 is 1.53. The molecule has 0 saturated carbocycles. The Bertz CT molecular complexity index is 241. The third kappa shape index (κ3) is 7.46. The van der Waals surface area contributed by atoms with Crippen LogP contribution in [0.4, 0.5) is 0 Å². The Morgan fingerprint density at radius 1 is 1.13 bits per heavy atom. The summed E-state index contributed by atoms with van der Waals surface area (Å²) in [6, 6.07) is 8.43. The maximum atomic E-state index is 5.44. The smallest absolute Gasteiger partial charge is 0.0864 e. The summed E-state index contributed by atoms with van der Waals surface area (Å²) in [6.45, 7) is 11.0. The van der Waals surface area contributed by atoms with Crippen molar-refractivity contribution in [3.05, 3.63) is 35.4 Å². The maximum absolute atomic E-state index is 5.44. The largest absolute Gasteiger partial charge is 0.310 e. The van der Waals surface area contributed by atoms with E-state index < -0.39 is 0 Å². The van der Waals surface area contributed by atoms with Crippen LogP contribution in [-0.4, -0.2) is 5.25 Å². The summed E-state index contributed by atoms with van der Waals surface area (Å²) < 4.78 is 5.44. The first kappa shape index (κ1) is 14.5. The molecule has 1 rings (SSSR count). The number of hydrogen-bond donors (Lipinski definition) is 0. The Morgan fingerprint density at radius 2 is 1.67 bits per heavy atom. The van der Waals surface area contributed by atoms with E-state index in [1.54, 1.807) is 0 Å². The predicted molar refractivity (Wildman–Crippen MR) is 70.0 cm³/mol. The highest BCUT2D eigenvalue weighted by Gasteiger charge is 1.96. The Kier molecular flexibility index (Phi) is 8.53. The van der Waals surface area contributed by atoms with Gasteiger partial charge in [0.05, 0.1) is 6.61 Å². The molecule has 0 atom stereocenters. The van der Waals surface area contributed by atoms with E-state index in [0.717, 1.165) is 0 Å². The third-order valence-electron chi connectivity index (χ3n) is 1.61. The zero-order chi connectivity index (χ0) is 11.7. The van der Waals surface area contributed by atoms with Crippen molar-refractivity contribution in [2.75, 3.05) is 0 Å². The Balaban J connectivity index is 0.000000921. The van der Waals surface area contributed by atoms with Crippen LogP contribution in [0.3, 0.4) is 0 Å². The minimum atomic E-state index is 0.533. The standard InChI is InChI=1S/C11H16OS.C2H6/c1-9(2)13-12-8-11-6-4-10(3)5-7-11;1-2/h4-7,9H,8H2,1-3H3;1-2H3. The minimum Gasteiger partial charge on any atom is -0.310 e. The number of aryl methyl sites for hydroxylation is 1. The van der Waals surface area contributed by atoms with E-state index in [1.807, 2.05) is 13.8 Å². The molecule has 2 heteroatoms. The Morgan fingerprint density at radius 3 is 2.13 bits per heavy atom. The first-order valence-electron chi connectivity index (χ1n) is 5.52. The fourth-order valence-electron chi connectivity index (χ4n) is 0.922. The van der Waals surface area contributed by atoms with Crippen LogP contribution in [0.15, 0.2) is 24.3 Å². The van der Waals surface area contributed by atoms with Gasteiger partial charge in [0.25, 0.3) is 0 Å². The highest BCUT2D eigenvalue weighted by molar-refractivity contribution is 7.95. The Labute approximate surface area is 98.4 Å². The molecule has 0 saturated heterocycles. The van der Waals surface area contributed by atoms with Gasteiger partial charge in [-0.05, 0) is 24.5 Å². The zero-order valence-electron chi connectivity index (χ0n) is 10.4. The van der Waals surface area contributed by atoms with Gasteiger partial charge in [-0.15, -0.1) is 0 Å². The molecule has 0 aliphatic rings. The first-order chi connectivity index (χ1) is 7.18. The highest BCUT2D eigenvalue weighted by Crippen LogP contribution is 2.14. The van der Waals surface area contributed by atoms with Crippen molar-refractivity contribution in [2.45, 2.75) is 46.5 Å². The van der Waals surface area contributed by atoms with Gasteiger partial charge in [0.1, 0.15) is 0 Å². The summed E-state index contributed by atoms with van der Waals surface area (Å²) in [7, 11) is 0. The molecule has 0 amide bonds. The quantitative estimate of drug-likeness (QED) is 0.694. The van der Waals surface area contributed by atoms with Gasteiger partial charge in [-0.25, -0.2) is 0 Å². The van der Waals surface area contributed by atoms with Gasteiger partial charge < -0.3 is 4.18 Å². The summed E-state index contributed by atoms with van der Waals surface area (Å²) in [6.07, 6.45) is 0. The number of benzene rings is 1. The molecular formula is C13H22OS. The molecule has 0 N–H and O–H groups in total. The van der Waals surface area contributed by atoms with Crippen LogP contribution in [0, 0.1) is 6.92 Å². The van der Waals surface area contributed by atoms with Gasteiger partial charge in [-0.1, -0.05) is 57.5 Å². The van der Waals surface area contributed by atoms with E-state index in [2.05, 4.69) is 45.0 Å². The predicted octanol–water partition coefficient (Wildman–Crippen LogP) is 4.59. The summed E-state index contributed by atoms with van der Waals surface area (Å²) in [5.41, 5.74) is 2.53. The average Bonchev–Trinajstić information content (AvgIpc) is 2.23. The van der Waals surface area contributed by atoms with E-state index >= 15 is 0 Å². The molecule has 0 fully saturated rings. The van der Waals surface area contributed by atoms with E-state index in [9.17, 15) is 0 Å². The Hall–Kier alpha value is -0.470. The molecule has 86 valence electrons. The molecule has 1 aromatic carbocycles. The van der Waals surface area contributed by atoms with Gasteiger partial charge in [0, 0.05) is 5.25 Å². The molecule has 0 bridgehead atoms. The van der Waals surface area contributed by atoms with Crippen molar-refractivity contribution in [1.82, 2.24) is 0 Å². The van der Waals surface area contributed by atoms with Crippen molar-refractivity contribution in [2.24, 2.45) is 0 Å². The lowest BCUT2D eigenvalue weighted by atomic mass is 10.2. The topological polar surface area (TPSA) is 9.23 Å². The normalized spacial score (nSPS) is 9.73. The molecule has 0 heterocycles. The van der Waals surface area contributed by atoms with E-state index in [0.29, 0.717) is 11.9 Å². The second-order valence-corrected chi connectivity index (χ2v) is 4.76. The second-order valence-electron chi connectivity index (χ2n) is 3.39. The van der Waals surface area contributed by atoms with Crippen LogP contribution in [0.25, 0.3) is 0 Å². The van der Waals surface area contributed by atoms with Crippen molar-refractivity contribution in [3.8, 4) is 0 Å². The number of hydrogen-bond acceptors (Lipinski definition) is 2. The molecule has 0 radical (unpaired) electrons. The van der Waals surface area contributed by atoms with Crippen LogP contribution >= 0.6 is 12.0 Å². The molecule has 0 aliphatic heterocycles. The van der Waals surface area contributed by atoms with Crippen molar-refractivity contribution < 1.29 is 4.18 Å². The molecule has 0 aliphatic carbocycles. The molecule has 0 spiro atoms. The fraction of sp³-hybridized carbons (Fsp3) is 0.538. The van der Waals surface area contributed by atoms with Crippen molar-refractivity contribution >= 4 is 12.0 Å². The zero-order valence-corrected chi connectivity index (χ0v) is 11.2. The molecule has 1 nitrogen and oxygen atoms in total. The highest BCUT2D eigenvalue weighted by atomic mass is 32.2. The van der Waals surface area contributed by atoms with Gasteiger partial charge >= 0.3 is 0 Å². The SMILES string of the molecule is CC.Cc1ccc(COSC(C)C)cc1. The van der Waals surface area contributed by atoms with Crippen LogP contribution in [0.1, 0.15) is 38.8 Å². The minimum absolute atomic E-state index is 0.533. The van der Waals surface area contributed by atoms with Gasteiger partial charge in [0.2, 0.25) is 0 Å². The summed E-state index contributed by atoms with van der Waals surface area (Å²) in [5, 5.41) is 0.533. The molecule has 15 heavy (non-hydrogen) atoms. The lowest BCUT2D eigenvalue weighted by molar-refractivity contribution is 0.361. The van der Waals surface area contributed by atoms with Gasteiger partial charge in [0.15, 0.2) is 0 Å². The monoisotopic (exact) mass is 226 g/mol.